The second-order valence-electron chi connectivity index (χ2n) is 11.7. The Balaban J connectivity index is 1.76. The van der Waals surface area contributed by atoms with Crippen molar-refractivity contribution in [3.63, 3.8) is 0 Å². The highest BCUT2D eigenvalue weighted by Crippen LogP contribution is 2.80. The number of ether oxygens (including phenoxy) is 5. The highest BCUT2D eigenvalue weighted by molar-refractivity contribution is 5.92. The molecular weight excluding hydrogens is 472 g/mol. The first-order valence-corrected chi connectivity index (χ1v) is 12.0. The number of carbonyl (C=O) groups excluding carboxylic acids is 3. The van der Waals surface area contributed by atoms with Crippen molar-refractivity contribution in [3.05, 3.63) is 35.5 Å². The zero-order valence-electron chi connectivity index (χ0n) is 21.0. The predicted molar refractivity (Wildman–Crippen MR) is 119 cm³/mol. The summed E-state index contributed by atoms with van der Waals surface area (Å²) in [5.74, 6) is -5.41. The number of fused-ring (bicyclic) bond motifs is 1. The number of esters is 3. The van der Waals surface area contributed by atoms with Crippen LogP contribution in [-0.4, -0.2) is 70.7 Å². The van der Waals surface area contributed by atoms with Crippen LogP contribution in [0.15, 0.2) is 35.5 Å². The highest BCUT2D eigenvalue weighted by Gasteiger charge is 2.96. The van der Waals surface area contributed by atoms with Crippen molar-refractivity contribution < 1.29 is 48.3 Å². The average Bonchev–Trinajstić information content (AvgIpc) is 3.08. The molecule has 6 aliphatic rings. The number of carbonyl (C=O) groups is 3. The van der Waals surface area contributed by atoms with E-state index in [0.29, 0.717) is 16.7 Å². The second-order valence-corrected chi connectivity index (χ2v) is 11.7. The van der Waals surface area contributed by atoms with E-state index in [1.807, 2.05) is 0 Å². The van der Waals surface area contributed by atoms with E-state index >= 15 is 0 Å². The van der Waals surface area contributed by atoms with E-state index in [1.165, 1.54) is 19.9 Å². The third kappa shape index (κ3) is 2.01. The Hall–Kier alpha value is -2.53. The molecule has 4 aliphatic heterocycles. The zero-order chi connectivity index (χ0) is 26.4. The van der Waals surface area contributed by atoms with Gasteiger partial charge >= 0.3 is 17.9 Å². The van der Waals surface area contributed by atoms with Crippen molar-refractivity contribution in [2.24, 2.45) is 22.2 Å². The number of aliphatic hydroxyl groups is 2. The summed E-state index contributed by atoms with van der Waals surface area (Å²) in [6.45, 7) is 12.5. The number of hydrogen-bond acceptors (Lipinski definition) is 10. The van der Waals surface area contributed by atoms with Crippen LogP contribution in [0.4, 0.5) is 0 Å². The van der Waals surface area contributed by atoms with Gasteiger partial charge in [0.15, 0.2) is 11.0 Å². The fourth-order valence-corrected chi connectivity index (χ4v) is 8.25. The van der Waals surface area contributed by atoms with Crippen LogP contribution < -0.4 is 0 Å². The molecular formula is C26H30O10. The van der Waals surface area contributed by atoms with Crippen molar-refractivity contribution >= 4 is 17.9 Å². The van der Waals surface area contributed by atoms with Crippen LogP contribution in [0.1, 0.15) is 41.0 Å². The van der Waals surface area contributed by atoms with Crippen molar-refractivity contribution in [1.29, 1.82) is 0 Å². The molecule has 0 unspecified atom stereocenters. The summed E-state index contributed by atoms with van der Waals surface area (Å²) < 4.78 is 28.6. The Morgan fingerprint density at radius 2 is 1.86 bits per heavy atom. The van der Waals surface area contributed by atoms with E-state index in [9.17, 15) is 24.6 Å². The Kier molecular flexibility index (Phi) is 4.17. The van der Waals surface area contributed by atoms with Crippen LogP contribution in [0.2, 0.25) is 0 Å². The van der Waals surface area contributed by atoms with Crippen molar-refractivity contribution in [1.82, 2.24) is 0 Å². The summed E-state index contributed by atoms with van der Waals surface area (Å²) >= 11 is 0. The Bertz CT molecular complexity index is 1230. The molecule has 0 spiro atoms. The second kappa shape index (κ2) is 6.30. The maximum Gasteiger partial charge on any atom is 0.332 e. The standard InChI is InChI=1S/C26H30O10/c1-11-13-8-17(27)36-21(3,4)14(13)9-16-23(6)15(11)10-22(5)18(28)34-20-25(22,30)24(23,19(29)32-7)26(31,35-16)12(2)33-20/h8-9,12,15-16,20,30-31H,1,10H2,2-7H3/t12-,15-,16+,20+,22-,23+,24-,25-,26+/m0/s1. The van der Waals surface area contributed by atoms with Gasteiger partial charge in [0.2, 0.25) is 12.1 Å². The largest absolute Gasteiger partial charge is 0.468 e. The lowest BCUT2D eigenvalue weighted by Crippen LogP contribution is -2.84. The maximum atomic E-state index is 14.1. The zero-order valence-corrected chi connectivity index (χ0v) is 21.0. The Morgan fingerprint density at radius 1 is 1.19 bits per heavy atom. The van der Waals surface area contributed by atoms with Gasteiger partial charge in [-0.1, -0.05) is 13.5 Å². The van der Waals surface area contributed by atoms with Gasteiger partial charge in [-0.3, -0.25) is 9.59 Å². The van der Waals surface area contributed by atoms with E-state index in [0.717, 1.165) is 7.11 Å². The molecule has 10 heteroatoms. The lowest BCUT2D eigenvalue weighted by atomic mass is 9.36. The van der Waals surface area contributed by atoms with Crippen LogP contribution in [0.5, 0.6) is 0 Å². The molecule has 0 bridgehead atoms. The fourth-order valence-electron chi connectivity index (χ4n) is 8.25. The van der Waals surface area contributed by atoms with Crippen molar-refractivity contribution in [3.8, 4) is 0 Å². The summed E-state index contributed by atoms with van der Waals surface area (Å²) in [4.78, 5) is 40.0. The van der Waals surface area contributed by atoms with Gasteiger partial charge in [0.05, 0.1) is 13.2 Å². The normalized spacial score (nSPS) is 51.7. The number of allylic oxidation sites excluding steroid dienone is 1. The molecule has 3 saturated heterocycles. The molecule has 10 nitrogen and oxygen atoms in total. The number of hydrogen-bond donors (Lipinski definition) is 2. The van der Waals surface area contributed by atoms with E-state index in [4.69, 9.17) is 23.7 Å². The Morgan fingerprint density at radius 3 is 2.50 bits per heavy atom. The molecule has 194 valence electrons. The molecule has 4 fully saturated rings. The van der Waals surface area contributed by atoms with Gasteiger partial charge in [-0.2, -0.15) is 0 Å². The van der Waals surface area contributed by atoms with E-state index < -0.39 is 75.6 Å². The van der Waals surface area contributed by atoms with Crippen LogP contribution in [0, 0.1) is 22.2 Å². The van der Waals surface area contributed by atoms with E-state index in [2.05, 4.69) is 6.58 Å². The predicted octanol–water partition coefficient (Wildman–Crippen LogP) is 1.06. The van der Waals surface area contributed by atoms with Gasteiger partial charge in [-0.05, 0) is 57.3 Å². The summed E-state index contributed by atoms with van der Waals surface area (Å²) in [5, 5.41) is 24.9. The summed E-state index contributed by atoms with van der Waals surface area (Å²) in [7, 11) is 1.15. The quantitative estimate of drug-likeness (QED) is 0.395. The van der Waals surface area contributed by atoms with Crippen LogP contribution >= 0.6 is 0 Å². The topological polar surface area (TPSA) is 138 Å². The van der Waals surface area contributed by atoms with E-state index in [-0.39, 0.29) is 6.42 Å². The first-order valence-electron chi connectivity index (χ1n) is 12.0. The van der Waals surface area contributed by atoms with Gasteiger partial charge in [-0.25, -0.2) is 4.79 Å². The molecule has 0 amide bonds. The molecule has 0 radical (unpaired) electrons. The third-order valence-electron chi connectivity index (χ3n) is 10.0. The van der Waals surface area contributed by atoms with Crippen molar-refractivity contribution in [2.75, 3.05) is 7.11 Å². The van der Waals surface area contributed by atoms with Gasteiger partial charge in [-0.15, -0.1) is 0 Å². The van der Waals surface area contributed by atoms with E-state index in [1.54, 1.807) is 26.8 Å². The number of cyclic esters (lactones) is 1. The molecule has 4 heterocycles. The summed E-state index contributed by atoms with van der Waals surface area (Å²) in [6.07, 6.45) is -0.680. The third-order valence-corrected chi connectivity index (χ3v) is 10.0. The maximum absolute atomic E-state index is 14.1. The smallest absolute Gasteiger partial charge is 0.332 e. The molecule has 1 saturated carbocycles. The molecule has 2 aliphatic carbocycles. The van der Waals surface area contributed by atoms with Gasteiger partial charge in [0.1, 0.15) is 17.1 Å². The monoisotopic (exact) mass is 502 g/mol. The van der Waals surface area contributed by atoms with Crippen LogP contribution in [0.3, 0.4) is 0 Å². The molecule has 0 aromatic heterocycles. The highest BCUT2D eigenvalue weighted by atomic mass is 16.8. The van der Waals surface area contributed by atoms with Gasteiger partial charge < -0.3 is 33.9 Å². The lowest BCUT2D eigenvalue weighted by Gasteiger charge is -2.66. The SMILES string of the molecule is C=C1C2=CC(=O)OC(C)(C)C2=C[C@H]2O[C@]3(O)[C@H](C)O[C@@H]4OC(=O)[C@]5(C)C[C@@H]1[C@@]2(C)[C@@]3(C(=O)OC)[C@]45O. The molecule has 0 aromatic carbocycles. The fraction of sp³-hybridized carbons (Fsp3) is 0.654. The molecule has 0 aromatic rings. The molecule has 9 atom stereocenters. The number of rotatable bonds is 1. The van der Waals surface area contributed by atoms with Gasteiger partial charge in [0, 0.05) is 17.1 Å². The molecule has 6 rings (SSSR count). The average molecular weight is 503 g/mol. The van der Waals surface area contributed by atoms with Crippen LogP contribution in [0.25, 0.3) is 0 Å². The minimum absolute atomic E-state index is 0.00543. The van der Waals surface area contributed by atoms with Gasteiger partial charge in [0.25, 0.3) is 0 Å². The minimum Gasteiger partial charge on any atom is -0.468 e. The van der Waals surface area contributed by atoms with Crippen LogP contribution in [-0.2, 0) is 38.1 Å². The van der Waals surface area contributed by atoms with Crippen molar-refractivity contribution in [2.45, 2.75) is 76.5 Å². The Labute approximate surface area is 207 Å². The number of methoxy groups -OCH3 is 1. The summed E-state index contributed by atoms with van der Waals surface area (Å²) in [5.41, 5.74) is -7.21. The summed E-state index contributed by atoms with van der Waals surface area (Å²) in [6, 6.07) is 0. The molecule has 36 heavy (non-hydrogen) atoms. The first-order chi connectivity index (χ1) is 16.6. The minimum atomic E-state index is -2.41. The first kappa shape index (κ1) is 23.8. The lowest BCUT2D eigenvalue weighted by molar-refractivity contribution is -0.418. The molecule has 2 N–H and O–H groups in total.